The van der Waals surface area contributed by atoms with Gasteiger partial charge < -0.3 is 25.2 Å². The lowest BCUT2D eigenvalue weighted by Crippen LogP contribution is -2.49. The molecule has 0 heterocycles. The molecule has 3 N–H and O–H groups in total. The maximum atomic E-state index is 12.7. The lowest BCUT2D eigenvalue weighted by molar-refractivity contribution is -0.142. The number of Topliss-reactive ketones (excluding diaryl/α,β-unsaturated/α-hetero) is 1. The molecular weight excluding hydrogens is 436 g/mol. The van der Waals surface area contributed by atoms with Crippen molar-refractivity contribution in [2.24, 2.45) is 16.2 Å². The first-order valence-corrected chi connectivity index (χ1v) is 12.1. The van der Waals surface area contributed by atoms with Crippen LogP contribution in [-0.4, -0.2) is 54.0 Å². The third-order valence-corrected chi connectivity index (χ3v) is 5.91. The van der Waals surface area contributed by atoms with Crippen molar-refractivity contribution in [1.29, 1.82) is 0 Å². The van der Waals surface area contributed by atoms with E-state index in [9.17, 15) is 14.4 Å². The van der Waals surface area contributed by atoms with Gasteiger partial charge in [-0.3, -0.25) is 14.4 Å². The average molecular weight is 487 g/mol. The van der Waals surface area contributed by atoms with E-state index in [1.807, 2.05) is 41.5 Å². The molecule has 2 amide bonds. The Balaban J connectivity index is 4.68. The zero-order valence-electron chi connectivity index (χ0n) is 23.4. The molecule has 0 saturated heterocycles. The van der Waals surface area contributed by atoms with Gasteiger partial charge in [0.1, 0.15) is 17.2 Å². The van der Waals surface area contributed by atoms with E-state index in [0.29, 0.717) is 19.4 Å². The number of hydrogen-bond acceptors (Lipinski definition) is 6. The van der Waals surface area contributed by atoms with Crippen molar-refractivity contribution in [3.63, 3.8) is 0 Å². The number of rotatable bonds is 16. The average Bonchev–Trinajstić information content (AvgIpc) is 2.57. The van der Waals surface area contributed by atoms with Gasteiger partial charge in [-0.2, -0.15) is 0 Å². The van der Waals surface area contributed by atoms with Gasteiger partial charge in [0.2, 0.25) is 11.8 Å². The van der Waals surface area contributed by atoms with Crippen LogP contribution in [0.5, 0.6) is 0 Å². The van der Waals surface area contributed by atoms with Gasteiger partial charge in [0.15, 0.2) is 0 Å². The van der Waals surface area contributed by atoms with Crippen molar-refractivity contribution in [3.8, 4) is 0 Å². The van der Waals surface area contributed by atoms with Gasteiger partial charge in [0.05, 0.1) is 13.2 Å². The molecule has 0 aliphatic carbocycles. The van der Waals surface area contributed by atoms with Gasteiger partial charge in [-0.15, -0.1) is 0 Å². The lowest BCUT2D eigenvalue weighted by Gasteiger charge is -2.34. The first kappa shape index (κ1) is 32.5. The molecule has 0 saturated carbocycles. The van der Waals surface area contributed by atoms with E-state index in [1.54, 1.807) is 34.6 Å². The summed E-state index contributed by atoms with van der Waals surface area (Å²) in [5, 5.41) is 14.9. The lowest BCUT2D eigenvalue weighted by atomic mass is 9.85. The highest BCUT2D eigenvalue weighted by molar-refractivity contribution is 5.81. The van der Waals surface area contributed by atoms with E-state index in [4.69, 9.17) is 14.6 Å². The molecule has 0 aromatic carbocycles. The molecule has 0 radical (unpaired) electrons. The SMILES string of the molecule is CC(=O)C(C)(C)CCOC(C)(C)NC(=O)CC(C)(C)COC(C)(C)NC(=O)CC(C)(C)CCO. The second kappa shape index (κ2) is 12.5. The molecule has 0 atom stereocenters. The molecule has 200 valence electrons. The second-order valence-electron chi connectivity index (χ2n) is 12.6. The summed E-state index contributed by atoms with van der Waals surface area (Å²) in [6.07, 6.45) is 1.61. The smallest absolute Gasteiger partial charge is 0.222 e. The molecule has 0 unspecified atom stereocenters. The van der Waals surface area contributed by atoms with Gasteiger partial charge in [0.25, 0.3) is 0 Å². The van der Waals surface area contributed by atoms with Crippen LogP contribution in [0.15, 0.2) is 0 Å². The Hall–Kier alpha value is -1.51. The number of ketones is 1. The Morgan fingerprint density at radius 1 is 0.706 bits per heavy atom. The fraction of sp³-hybridized carbons (Fsp3) is 0.885. The molecule has 0 spiro atoms. The van der Waals surface area contributed by atoms with Gasteiger partial charge in [-0.1, -0.05) is 41.5 Å². The van der Waals surface area contributed by atoms with E-state index in [2.05, 4.69) is 10.6 Å². The number of ether oxygens (including phenoxy) is 2. The van der Waals surface area contributed by atoms with Crippen molar-refractivity contribution >= 4 is 17.6 Å². The summed E-state index contributed by atoms with van der Waals surface area (Å²) in [5.41, 5.74) is -3.00. The Labute approximate surface area is 206 Å². The third-order valence-electron chi connectivity index (χ3n) is 5.91. The fourth-order valence-corrected chi connectivity index (χ4v) is 3.26. The van der Waals surface area contributed by atoms with Crippen LogP contribution >= 0.6 is 0 Å². The topological polar surface area (TPSA) is 114 Å². The van der Waals surface area contributed by atoms with Crippen LogP contribution in [0.1, 0.15) is 102 Å². The van der Waals surface area contributed by atoms with Crippen molar-refractivity contribution in [2.75, 3.05) is 19.8 Å². The normalized spacial score (nSPS) is 13.5. The van der Waals surface area contributed by atoms with Crippen molar-refractivity contribution in [3.05, 3.63) is 0 Å². The van der Waals surface area contributed by atoms with E-state index in [0.717, 1.165) is 0 Å². The van der Waals surface area contributed by atoms with Crippen molar-refractivity contribution in [2.45, 2.75) is 113 Å². The van der Waals surface area contributed by atoms with E-state index < -0.39 is 22.3 Å². The number of carbonyl (C=O) groups excluding carboxylic acids is 3. The number of aliphatic hydroxyl groups is 1. The van der Waals surface area contributed by atoms with E-state index in [1.165, 1.54) is 0 Å². The largest absolute Gasteiger partial charge is 0.396 e. The molecule has 0 rings (SSSR count). The minimum Gasteiger partial charge on any atom is -0.396 e. The molecule has 0 bridgehead atoms. The molecular formula is C26H50N2O6. The molecule has 0 aromatic rings. The van der Waals surface area contributed by atoms with Crippen LogP contribution < -0.4 is 10.6 Å². The monoisotopic (exact) mass is 486 g/mol. The molecule has 34 heavy (non-hydrogen) atoms. The molecule has 0 aliphatic heterocycles. The molecule has 8 nitrogen and oxygen atoms in total. The summed E-state index contributed by atoms with van der Waals surface area (Å²) in [6.45, 7) is 20.8. The highest BCUT2D eigenvalue weighted by atomic mass is 16.5. The van der Waals surface area contributed by atoms with Crippen LogP contribution in [0.25, 0.3) is 0 Å². The Morgan fingerprint density at radius 3 is 1.59 bits per heavy atom. The number of carbonyl (C=O) groups is 3. The van der Waals surface area contributed by atoms with Crippen LogP contribution in [0.4, 0.5) is 0 Å². The number of hydrogen-bond donors (Lipinski definition) is 3. The quantitative estimate of drug-likeness (QED) is 0.285. The minimum atomic E-state index is -0.897. The summed E-state index contributed by atoms with van der Waals surface area (Å²) >= 11 is 0. The highest BCUT2D eigenvalue weighted by Gasteiger charge is 2.32. The van der Waals surface area contributed by atoms with Crippen LogP contribution in [0.2, 0.25) is 0 Å². The summed E-state index contributed by atoms with van der Waals surface area (Å²) in [4.78, 5) is 36.8. The van der Waals surface area contributed by atoms with Crippen LogP contribution in [0, 0.1) is 16.2 Å². The maximum absolute atomic E-state index is 12.7. The highest BCUT2D eigenvalue weighted by Crippen LogP contribution is 2.27. The summed E-state index contributed by atoms with van der Waals surface area (Å²) in [7, 11) is 0. The van der Waals surface area contributed by atoms with Gasteiger partial charge >= 0.3 is 0 Å². The predicted octanol–water partition coefficient (Wildman–Crippen LogP) is 3.94. The summed E-state index contributed by atoms with van der Waals surface area (Å²) in [5.74, 6) is -0.212. The standard InChI is InChI=1S/C26H50N2O6/c1-19(30)24(6,7)13-15-33-25(8,9)27-21(32)17-23(4,5)18-34-26(10,11)28-20(31)16-22(2,3)12-14-29/h29H,12-18H2,1-11H3,(H,27,32)(H,28,31). The number of aliphatic hydroxyl groups excluding tert-OH is 1. The van der Waals surface area contributed by atoms with Gasteiger partial charge in [-0.05, 0) is 58.3 Å². The zero-order chi connectivity index (χ0) is 27.0. The minimum absolute atomic E-state index is 0.0364. The van der Waals surface area contributed by atoms with Crippen molar-refractivity contribution < 1.29 is 29.0 Å². The van der Waals surface area contributed by atoms with Crippen molar-refractivity contribution in [1.82, 2.24) is 10.6 Å². The van der Waals surface area contributed by atoms with E-state index >= 15 is 0 Å². The predicted molar refractivity (Wildman–Crippen MR) is 134 cm³/mol. The molecule has 0 fully saturated rings. The first-order chi connectivity index (χ1) is 15.1. The van der Waals surface area contributed by atoms with Gasteiger partial charge in [-0.25, -0.2) is 0 Å². The molecule has 0 aliphatic rings. The zero-order valence-corrected chi connectivity index (χ0v) is 23.4. The first-order valence-electron chi connectivity index (χ1n) is 12.1. The Bertz CT molecular complexity index is 695. The Kier molecular flexibility index (Phi) is 11.9. The summed E-state index contributed by atoms with van der Waals surface area (Å²) in [6, 6.07) is 0. The maximum Gasteiger partial charge on any atom is 0.222 e. The molecule has 8 heteroatoms. The number of nitrogens with one attached hydrogen (secondary N) is 2. The third kappa shape index (κ3) is 14.0. The number of amides is 2. The fourth-order valence-electron chi connectivity index (χ4n) is 3.26. The van der Waals surface area contributed by atoms with Gasteiger partial charge in [0, 0.05) is 24.9 Å². The Morgan fingerprint density at radius 2 is 1.15 bits per heavy atom. The van der Waals surface area contributed by atoms with Crippen LogP contribution in [-0.2, 0) is 23.9 Å². The summed E-state index contributed by atoms with van der Waals surface area (Å²) < 4.78 is 11.8. The second-order valence-corrected chi connectivity index (χ2v) is 12.6. The molecule has 0 aromatic heterocycles. The van der Waals surface area contributed by atoms with Crippen LogP contribution in [0.3, 0.4) is 0 Å². The van der Waals surface area contributed by atoms with E-state index in [-0.39, 0.29) is 49.1 Å².